The van der Waals surface area contributed by atoms with Crippen molar-refractivity contribution >= 4 is 11.8 Å². The predicted molar refractivity (Wildman–Crippen MR) is 38.8 cm³/mol. The van der Waals surface area contributed by atoms with Gasteiger partial charge in [-0.1, -0.05) is 11.8 Å². The topological polar surface area (TPSA) is 61.8 Å². The van der Waals surface area contributed by atoms with Gasteiger partial charge in [0, 0.05) is 12.4 Å². The molecule has 0 fully saturated rings. The number of thioether (sulfide) groups is 1. The number of aromatic amines is 1. The highest BCUT2D eigenvalue weighted by Gasteiger charge is 1.93. The molecule has 0 unspecified atom stereocenters. The van der Waals surface area contributed by atoms with Crippen molar-refractivity contribution in [2.45, 2.75) is 11.6 Å². The summed E-state index contributed by atoms with van der Waals surface area (Å²) in [5, 5.41) is 15.6. The molecule has 0 bridgehead atoms. The number of nitrogens with zero attached hydrogens (tertiary/aromatic N) is 2. The van der Waals surface area contributed by atoms with Gasteiger partial charge in [-0.2, -0.15) is 5.10 Å². The zero-order valence-electron chi connectivity index (χ0n) is 5.45. The molecule has 0 amide bonds. The molecule has 0 atom stereocenters. The van der Waals surface area contributed by atoms with Gasteiger partial charge in [-0.05, 0) is 6.42 Å². The molecule has 0 radical (unpaired) electrons. The Morgan fingerprint density at radius 1 is 1.70 bits per heavy atom. The van der Waals surface area contributed by atoms with Crippen LogP contribution in [0, 0.1) is 0 Å². The third kappa shape index (κ3) is 2.36. The Morgan fingerprint density at radius 3 is 3.20 bits per heavy atom. The number of aliphatic hydroxyl groups is 1. The van der Waals surface area contributed by atoms with Crippen LogP contribution in [-0.2, 0) is 0 Å². The van der Waals surface area contributed by atoms with Crippen LogP contribution in [0.3, 0.4) is 0 Å². The minimum absolute atomic E-state index is 0.237. The van der Waals surface area contributed by atoms with Gasteiger partial charge < -0.3 is 5.11 Å². The molecule has 1 aromatic heterocycles. The number of hydrogen-bond acceptors (Lipinski definition) is 4. The van der Waals surface area contributed by atoms with E-state index in [1.807, 2.05) is 0 Å². The van der Waals surface area contributed by atoms with Crippen molar-refractivity contribution < 1.29 is 5.11 Å². The summed E-state index contributed by atoms with van der Waals surface area (Å²) in [6, 6.07) is 0. The van der Waals surface area contributed by atoms with Gasteiger partial charge in [-0.15, -0.1) is 0 Å². The molecular formula is C5H9N3OS. The molecule has 5 heteroatoms. The zero-order valence-corrected chi connectivity index (χ0v) is 6.27. The Hall–Kier alpha value is -0.550. The minimum Gasteiger partial charge on any atom is -0.396 e. The lowest BCUT2D eigenvalue weighted by Gasteiger charge is -1.91. The molecule has 0 aromatic carbocycles. The Labute approximate surface area is 63.1 Å². The van der Waals surface area contributed by atoms with E-state index in [9.17, 15) is 0 Å². The zero-order chi connectivity index (χ0) is 7.23. The third-order valence-corrected chi connectivity index (χ3v) is 1.90. The molecule has 0 saturated heterocycles. The molecule has 1 rings (SSSR count). The van der Waals surface area contributed by atoms with Crippen molar-refractivity contribution in [3.63, 3.8) is 0 Å². The largest absolute Gasteiger partial charge is 0.396 e. The second kappa shape index (κ2) is 4.29. The maximum absolute atomic E-state index is 8.44. The van der Waals surface area contributed by atoms with E-state index in [0.717, 1.165) is 17.3 Å². The lowest BCUT2D eigenvalue weighted by Crippen LogP contribution is -1.86. The summed E-state index contributed by atoms with van der Waals surface area (Å²) in [5.41, 5.74) is 0. The van der Waals surface area contributed by atoms with Crippen LogP contribution < -0.4 is 0 Å². The summed E-state index contributed by atoms with van der Waals surface area (Å²) in [6.07, 6.45) is 2.27. The first-order chi connectivity index (χ1) is 4.93. The van der Waals surface area contributed by atoms with Crippen molar-refractivity contribution in [3.05, 3.63) is 6.33 Å². The number of hydrogen-bond donors (Lipinski definition) is 2. The average molecular weight is 159 g/mol. The van der Waals surface area contributed by atoms with Crippen molar-refractivity contribution in [1.82, 2.24) is 15.2 Å². The second-order valence-electron chi connectivity index (χ2n) is 1.72. The fourth-order valence-corrected chi connectivity index (χ4v) is 1.20. The van der Waals surface area contributed by atoms with E-state index < -0.39 is 0 Å². The van der Waals surface area contributed by atoms with Gasteiger partial charge in [0.05, 0.1) is 0 Å². The van der Waals surface area contributed by atoms with Crippen LogP contribution in [-0.4, -0.2) is 32.6 Å². The lowest BCUT2D eigenvalue weighted by atomic mass is 10.5. The van der Waals surface area contributed by atoms with E-state index in [1.54, 1.807) is 11.8 Å². The number of H-pyrrole nitrogens is 1. The van der Waals surface area contributed by atoms with E-state index in [-0.39, 0.29) is 6.61 Å². The van der Waals surface area contributed by atoms with E-state index >= 15 is 0 Å². The monoisotopic (exact) mass is 159 g/mol. The summed E-state index contributed by atoms with van der Waals surface area (Å²) in [7, 11) is 0. The normalized spacial score (nSPS) is 10.1. The number of aromatic nitrogens is 3. The molecule has 1 heterocycles. The van der Waals surface area contributed by atoms with Crippen LogP contribution in [0.15, 0.2) is 11.5 Å². The van der Waals surface area contributed by atoms with E-state index in [1.165, 1.54) is 6.33 Å². The number of nitrogens with one attached hydrogen (secondary N) is 1. The van der Waals surface area contributed by atoms with Crippen molar-refractivity contribution in [2.24, 2.45) is 0 Å². The summed E-state index contributed by atoms with van der Waals surface area (Å²) in [6.45, 7) is 0.237. The Morgan fingerprint density at radius 2 is 2.60 bits per heavy atom. The maximum Gasteiger partial charge on any atom is 0.183 e. The number of rotatable bonds is 4. The van der Waals surface area contributed by atoms with E-state index in [0.29, 0.717) is 0 Å². The van der Waals surface area contributed by atoms with Crippen LogP contribution in [0.4, 0.5) is 0 Å². The molecule has 4 nitrogen and oxygen atoms in total. The third-order valence-electron chi connectivity index (χ3n) is 0.934. The molecule has 56 valence electrons. The highest BCUT2D eigenvalue weighted by molar-refractivity contribution is 7.99. The summed E-state index contributed by atoms with van der Waals surface area (Å²) >= 11 is 1.56. The van der Waals surface area contributed by atoms with Gasteiger partial charge in [0.15, 0.2) is 5.16 Å². The summed E-state index contributed by atoms with van der Waals surface area (Å²) in [5.74, 6) is 0.881. The first-order valence-electron chi connectivity index (χ1n) is 3.02. The fraction of sp³-hybridized carbons (Fsp3) is 0.600. The molecule has 1 aromatic rings. The highest BCUT2D eigenvalue weighted by atomic mass is 32.2. The molecular weight excluding hydrogens is 150 g/mol. The van der Waals surface area contributed by atoms with Gasteiger partial charge in [0.2, 0.25) is 0 Å². The van der Waals surface area contributed by atoms with Crippen molar-refractivity contribution in [2.75, 3.05) is 12.4 Å². The highest BCUT2D eigenvalue weighted by Crippen LogP contribution is 2.10. The fourth-order valence-electron chi connectivity index (χ4n) is 0.497. The Balaban J connectivity index is 2.15. The van der Waals surface area contributed by atoms with E-state index in [4.69, 9.17) is 5.11 Å². The standard InChI is InChI=1S/C5H9N3OS/c9-2-1-3-10-5-6-4-7-8-5/h4,9H,1-3H2,(H,6,7,8). The van der Waals surface area contributed by atoms with E-state index in [2.05, 4.69) is 15.2 Å². The molecule has 0 aliphatic heterocycles. The predicted octanol–water partition coefficient (Wildman–Crippen LogP) is 0.279. The van der Waals surface area contributed by atoms with Crippen molar-refractivity contribution in [1.29, 1.82) is 0 Å². The number of aliphatic hydroxyl groups excluding tert-OH is 1. The first-order valence-corrected chi connectivity index (χ1v) is 4.01. The van der Waals surface area contributed by atoms with Gasteiger partial charge in [0.1, 0.15) is 6.33 Å². The van der Waals surface area contributed by atoms with Gasteiger partial charge in [-0.25, -0.2) is 4.98 Å². The Kier molecular flexibility index (Phi) is 3.25. The Bertz CT molecular complexity index is 165. The summed E-state index contributed by atoms with van der Waals surface area (Å²) < 4.78 is 0. The maximum atomic E-state index is 8.44. The van der Waals surface area contributed by atoms with Crippen molar-refractivity contribution in [3.8, 4) is 0 Å². The van der Waals surface area contributed by atoms with Gasteiger partial charge >= 0.3 is 0 Å². The second-order valence-corrected chi connectivity index (χ2v) is 2.80. The van der Waals surface area contributed by atoms with Crippen LogP contribution in [0.1, 0.15) is 6.42 Å². The van der Waals surface area contributed by atoms with Crippen LogP contribution in [0.2, 0.25) is 0 Å². The lowest BCUT2D eigenvalue weighted by molar-refractivity contribution is 0.296. The molecule has 0 aliphatic carbocycles. The van der Waals surface area contributed by atoms with Crippen LogP contribution >= 0.6 is 11.8 Å². The SMILES string of the molecule is OCCCSc1ncn[nH]1. The molecule has 0 aliphatic rings. The quantitative estimate of drug-likeness (QED) is 0.489. The average Bonchev–Trinajstić information content (AvgIpc) is 2.41. The molecule has 10 heavy (non-hydrogen) atoms. The molecule has 0 spiro atoms. The van der Waals surface area contributed by atoms with Gasteiger partial charge in [-0.3, -0.25) is 5.10 Å². The van der Waals surface area contributed by atoms with Crippen LogP contribution in [0.5, 0.6) is 0 Å². The smallest absolute Gasteiger partial charge is 0.183 e. The first kappa shape index (κ1) is 7.56. The molecule has 0 saturated carbocycles. The molecule has 2 N–H and O–H groups in total. The van der Waals surface area contributed by atoms with Crippen LogP contribution in [0.25, 0.3) is 0 Å². The summed E-state index contributed by atoms with van der Waals surface area (Å²) in [4.78, 5) is 3.90. The van der Waals surface area contributed by atoms with Gasteiger partial charge in [0.25, 0.3) is 0 Å². The minimum atomic E-state index is 0.237.